The van der Waals surface area contributed by atoms with E-state index in [1.165, 1.54) is 0 Å². The number of hydrogen-bond acceptors (Lipinski definition) is 3. The second kappa shape index (κ2) is 4.92. The van der Waals surface area contributed by atoms with Crippen LogP contribution in [0.5, 0.6) is 0 Å². The van der Waals surface area contributed by atoms with E-state index in [1.807, 2.05) is 24.3 Å². The molecule has 0 saturated carbocycles. The molecule has 98 valence electrons. The molecule has 0 aliphatic heterocycles. The standard InChI is InChI=1S/C14H19ClN2O/c1-4-14(2,3)13(17-16)11-8-9-6-5-7-10(15)12(9)18-11/h5-8,13,17H,4,16H2,1-3H3. The van der Waals surface area contributed by atoms with Gasteiger partial charge in [-0.3, -0.25) is 5.84 Å². The molecule has 4 heteroatoms. The Morgan fingerprint density at radius 3 is 2.72 bits per heavy atom. The molecule has 1 atom stereocenters. The van der Waals surface area contributed by atoms with E-state index in [9.17, 15) is 0 Å². The summed E-state index contributed by atoms with van der Waals surface area (Å²) in [5.41, 5.74) is 3.59. The molecule has 0 aliphatic rings. The zero-order chi connectivity index (χ0) is 13.3. The molecule has 0 amide bonds. The lowest BCUT2D eigenvalue weighted by Gasteiger charge is -2.31. The molecule has 1 aromatic carbocycles. The van der Waals surface area contributed by atoms with Gasteiger partial charge in [-0.2, -0.15) is 0 Å². The van der Waals surface area contributed by atoms with Crippen molar-refractivity contribution in [3.05, 3.63) is 35.0 Å². The van der Waals surface area contributed by atoms with Crippen LogP contribution in [0.3, 0.4) is 0 Å². The van der Waals surface area contributed by atoms with Gasteiger partial charge in [-0.15, -0.1) is 0 Å². The number of para-hydroxylation sites is 1. The van der Waals surface area contributed by atoms with Gasteiger partial charge in [0.25, 0.3) is 0 Å². The minimum absolute atomic E-state index is 0.00903. The fraction of sp³-hybridized carbons (Fsp3) is 0.429. The van der Waals surface area contributed by atoms with E-state index in [-0.39, 0.29) is 11.5 Å². The van der Waals surface area contributed by atoms with Crippen LogP contribution < -0.4 is 11.3 Å². The second-order valence-corrected chi connectivity index (χ2v) is 5.66. The van der Waals surface area contributed by atoms with Gasteiger partial charge in [0.05, 0.1) is 11.1 Å². The van der Waals surface area contributed by atoms with Crippen molar-refractivity contribution in [1.29, 1.82) is 0 Å². The Morgan fingerprint density at radius 1 is 1.44 bits per heavy atom. The van der Waals surface area contributed by atoms with E-state index in [2.05, 4.69) is 26.2 Å². The normalized spacial score (nSPS) is 14.1. The number of benzene rings is 1. The number of furan rings is 1. The SMILES string of the molecule is CCC(C)(C)C(NN)c1cc2cccc(Cl)c2o1. The van der Waals surface area contributed by atoms with E-state index in [4.69, 9.17) is 21.9 Å². The van der Waals surface area contributed by atoms with Gasteiger partial charge in [-0.1, -0.05) is 44.5 Å². The van der Waals surface area contributed by atoms with Crippen molar-refractivity contribution in [2.75, 3.05) is 0 Å². The molecule has 0 radical (unpaired) electrons. The van der Waals surface area contributed by atoms with Gasteiger partial charge in [0.15, 0.2) is 5.58 Å². The zero-order valence-corrected chi connectivity index (χ0v) is 11.7. The van der Waals surface area contributed by atoms with Crippen LogP contribution in [0.4, 0.5) is 0 Å². The van der Waals surface area contributed by atoms with Crippen LogP contribution in [0.15, 0.2) is 28.7 Å². The molecule has 1 heterocycles. The van der Waals surface area contributed by atoms with Gasteiger partial charge in [0, 0.05) is 5.39 Å². The number of nitrogens with two attached hydrogens (primary N) is 1. The van der Waals surface area contributed by atoms with Gasteiger partial charge in [0.2, 0.25) is 0 Å². The minimum atomic E-state index is -0.0361. The molecule has 0 spiro atoms. The first-order valence-electron chi connectivity index (χ1n) is 6.13. The summed E-state index contributed by atoms with van der Waals surface area (Å²) in [6, 6.07) is 7.70. The summed E-state index contributed by atoms with van der Waals surface area (Å²) < 4.78 is 5.87. The molecule has 3 N–H and O–H groups in total. The third kappa shape index (κ3) is 2.26. The van der Waals surface area contributed by atoms with Crippen molar-refractivity contribution in [3.63, 3.8) is 0 Å². The highest BCUT2D eigenvalue weighted by Gasteiger charge is 2.31. The molecule has 2 aromatic rings. The quantitative estimate of drug-likeness (QED) is 0.649. The second-order valence-electron chi connectivity index (χ2n) is 5.25. The molecular weight excluding hydrogens is 248 g/mol. The molecule has 0 fully saturated rings. The minimum Gasteiger partial charge on any atom is -0.458 e. The summed E-state index contributed by atoms with van der Waals surface area (Å²) in [5, 5.41) is 1.63. The number of rotatable bonds is 4. The van der Waals surface area contributed by atoms with Crippen molar-refractivity contribution >= 4 is 22.6 Å². The third-order valence-corrected chi connectivity index (χ3v) is 3.96. The lowest BCUT2D eigenvalue weighted by molar-refractivity contribution is 0.210. The Balaban J connectivity index is 2.50. The summed E-state index contributed by atoms with van der Waals surface area (Å²) in [7, 11) is 0. The van der Waals surface area contributed by atoms with Crippen LogP contribution in [-0.4, -0.2) is 0 Å². The summed E-state index contributed by atoms with van der Waals surface area (Å²) in [4.78, 5) is 0. The first-order chi connectivity index (χ1) is 8.49. The van der Waals surface area contributed by atoms with E-state index < -0.39 is 0 Å². The first kappa shape index (κ1) is 13.4. The smallest absolute Gasteiger partial charge is 0.152 e. The predicted molar refractivity (Wildman–Crippen MR) is 75.4 cm³/mol. The number of nitrogens with one attached hydrogen (secondary N) is 1. The van der Waals surface area contributed by atoms with Gasteiger partial charge in [-0.05, 0) is 24.0 Å². The van der Waals surface area contributed by atoms with E-state index in [0.717, 1.165) is 23.2 Å². The molecule has 1 aromatic heterocycles. The summed E-state index contributed by atoms with van der Waals surface area (Å²) in [6.07, 6.45) is 0.993. The molecule has 0 saturated heterocycles. The predicted octanol–water partition coefficient (Wildman–Crippen LogP) is 4.03. The van der Waals surface area contributed by atoms with Crippen molar-refractivity contribution in [2.24, 2.45) is 11.3 Å². The maximum absolute atomic E-state index is 6.12. The molecule has 1 unspecified atom stereocenters. The van der Waals surface area contributed by atoms with Crippen LogP contribution >= 0.6 is 11.6 Å². The van der Waals surface area contributed by atoms with E-state index in [0.29, 0.717) is 5.02 Å². The largest absolute Gasteiger partial charge is 0.458 e. The number of hydrogen-bond donors (Lipinski definition) is 2. The van der Waals surface area contributed by atoms with Crippen LogP contribution in [0.2, 0.25) is 5.02 Å². The van der Waals surface area contributed by atoms with Crippen LogP contribution in [0, 0.1) is 5.41 Å². The topological polar surface area (TPSA) is 51.2 Å². The summed E-state index contributed by atoms with van der Waals surface area (Å²) in [6.45, 7) is 6.46. The summed E-state index contributed by atoms with van der Waals surface area (Å²) >= 11 is 6.12. The van der Waals surface area contributed by atoms with Gasteiger partial charge < -0.3 is 4.42 Å². The van der Waals surface area contributed by atoms with E-state index >= 15 is 0 Å². The molecule has 0 aliphatic carbocycles. The molecule has 0 bridgehead atoms. The summed E-state index contributed by atoms with van der Waals surface area (Å²) in [5.74, 6) is 6.51. The third-order valence-electron chi connectivity index (χ3n) is 3.66. The van der Waals surface area contributed by atoms with Crippen molar-refractivity contribution < 1.29 is 4.42 Å². The lowest BCUT2D eigenvalue weighted by atomic mass is 9.81. The Labute approximate surface area is 112 Å². The molecule has 2 rings (SSSR count). The van der Waals surface area contributed by atoms with Crippen molar-refractivity contribution in [1.82, 2.24) is 5.43 Å². The van der Waals surface area contributed by atoms with Gasteiger partial charge >= 0.3 is 0 Å². The number of hydrazine groups is 1. The van der Waals surface area contributed by atoms with Crippen molar-refractivity contribution in [3.8, 4) is 0 Å². The van der Waals surface area contributed by atoms with Gasteiger partial charge in [0.1, 0.15) is 5.76 Å². The zero-order valence-electron chi connectivity index (χ0n) is 11.0. The van der Waals surface area contributed by atoms with Crippen LogP contribution in [0.1, 0.15) is 39.0 Å². The molecular formula is C14H19ClN2O. The molecule has 18 heavy (non-hydrogen) atoms. The average Bonchev–Trinajstić information content (AvgIpc) is 2.74. The first-order valence-corrected chi connectivity index (χ1v) is 6.51. The fourth-order valence-electron chi connectivity index (χ4n) is 2.09. The monoisotopic (exact) mass is 266 g/mol. The Hall–Kier alpha value is -1.03. The number of halogens is 1. The van der Waals surface area contributed by atoms with E-state index in [1.54, 1.807) is 0 Å². The Morgan fingerprint density at radius 2 is 2.17 bits per heavy atom. The van der Waals surface area contributed by atoms with Crippen LogP contribution in [0.25, 0.3) is 11.0 Å². The highest BCUT2D eigenvalue weighted by atomic mass is 35.5. The van der Waals surface area contributed by atoms with Gasteiger partial charge in [-0.25, -0.2) is 5.43 Å². The molecule has 3 nitrogen and oxygen atoms in total. The maximum atomic E-state index is 6.12. The van der Waals surface area contributed by atoms with Crippen molar-refractivity contribution in [2.45, 2.75) is 33.2 Å². The average molecular weight is 267 g/mol. The Bertz CT molecular complexity index is 548. The van der Waals surface area contributed by atoms with Crippen LogP contribution in [-0.2, 0) is 0 Å². The Kier molecular flexibility index (Phi) is 3.66. The number of fused-ring (bicyclic) bond motifs is 1. The lowest BCUT2D eigenvalue weighted by Crippen LogP contribution is -2.37. The maximum Gasteiger partial charge on any atom is 0.152 e. The highest BCUT2D eigenvalue weighted by Crippen LogP contribution is 2.38. The fourth-order valence-corrected chi connectivity index (χ4v) is 2.31. The highest BCUT2D eigenvalue weighted by molar-refractivity contribution is 6.34.